The van der Waals surface area contributed by atoms with Crippen LogP contribution in [0.25, 0.3) is 0 Å². The summed E-state index contributed by atoms with van der Waals surface area (Å²) < 4.78 is 9.31. The SMILES string of the molecule is N#COCCCCCCCCCCCCCCCCCCOC#N. The molecule has 0 aromatic rings. The first-order chi connectivity index (χ1) is 11.9. The summed E-state index contributed by atoms with van der Waals surface area (Å²) in [6, 6.07) is 0. The van der Waals surface area contributed by atoms with Crippen LogP contribution < -0.4 is 0 Å². The molecule has 0 amide bonds. The van der Waals surface area contributed by atoms with Gasteiger partial charge in [-0.25, -0.2) is 0 Å². The zero-order chi connectivity index (χ0) is 17.6. The minimum absolute atomic E-state index is 0.589. The van der Waals surface area contributed by atoms with Crippen molar-refractivity contribution >= 4 is 0 Å². The topological polar surface area (TPSA) is 66.0 Å². The lowest BCUT2D eigenvalue weighted by Crippen LogP contribution is -1.88. The normalized spacial score (nSPS) is 10.1. The predicted molar refractivity (Wildman–Crippen MR) is 97.0 cm³/mol. The lowest BCUT2D eigenvalue weighted by atomic mass is 10.0. The van der Waals surface area contributed by atoms with E-state index in [1.807, 2.05) is 0 Å². The van der Waals surface area contributed by atoms with Crippen LogP contribution in [0.2, 0.25) is 0 Å². The Hall–Kier alpha value is -1.42. The lowest BCUT2D eigenvalue weighted by molar-refractivity contribution is 0.260. The average molecular weight is 337 g/mol. The summed E-state index contributed by atoms with van der Waals surface area (Å²) >= 11 is 0. The van der Waals surface area contributed by atoms with Gasteiger partial charge in [-0.3, -0.25) is 0 Å². The molecule has 0 N–H and O–H groups in total. The number of hydrogen-bond donors (Lipinski definition) is 0. The Bertz CT molecular complexity index is 289. The Morgan fingerprint density at radius 1 is 0.375 bits per heavy atom. The molecule has 0 atom stereocenters. The van der Waals surface area contributed by atoms with E-state index >= 15 is 0 Å². The number of ether oxygens (including phenoxy) is 2. The maximum Gasteiger partial charge on any atom is 0.286 e. The lowest BCUT2D eigenvalue weighted by Gasteiger charge is -2.03. The second-order valence-electron chi connectivity index (χ2n) is 6.54. The fourth-order valence-corrected chi connectivity index (χ4v) is 2.91. The molecule has 4 heteroatoms. The Labute approximate surface area is 149 Å². The maximum absolute atomic E-state index is 8.23. The van der Waals surface area contributed by atoms with Gasteiger partial charge in [0.2, 0.25) is 0 Å². The molecular formula is C20H36N2O2. The Balaban J connectivity index is 2.96. The molecular weight excluding hydrogens is 300 g/mol. The first kappa shape index (κ1) is 22.6. The van der Waals surface area contributed by atoms with Crippen LogP contribution in [0.3, 0.4) is 0 Å². The monoisotopic (exact) mass is 336 g/mol. The minimum atomic E-state index is 0.589. The van der Waals surface area contributed by atoms with E-state index in [1.54, 1.807) is 12.5 Å². The fraction of sp³-hybridized carbons (Fsp3) is 0.900. The minimum Gasteiger partial charge on any atom is -0.428 e. The molecule has 0 unspecified atom stereocenters. The van der Waals surface area contributed by atoms with Crippen LogP contribution in [-0.4, -0.2) is 13.2 Å². The molecule has 0 saturated carbocycles. The molecule has 0 rings (SSSR count). The van der Waals surface area contributed by atoms with Gasteiger partial charge in [-0.1, -0.05) is 89.9 Å². The molecule has 138 valence electrons. The summed E-state index contributed by atoms with van der Waals surface area (Å²) in [7, 11) is 0. The van der Waals surface area contributed by atoms with E-state index in [0.717, 1.165) is 12.8 Å². The maximum atomic E-state index is 8.23. The second-order valence-corrected chi connectivity index (χ2v) is 6.54. The van der Waals surface area contributed by atoms with Gasteiger partial charge in [-0.2, -0.15) is 10.5 Å². The number of nitriles is 2. The number of hydrogen-bond acceptors (Lipinski definition) is 4. The summed E-state index contributed by atoms with van der Waals surface area (Å²) in [6.07, 6.45) is 24.0. The molecule has 0 bridgehead atoms. The summed E-state index contributed by atoms with van der Waals surface area (Å²) in [4.78, 5) is 0. The third-order valence-corrected chi connectivity index (χ3v) is 4.37. The van der Waals surface area contributed by atoms with E-state index in [1.165, 1.54) is 89.9 Å². The van der Waals surface area contributed by atoms with Gasteiger partial charge in [-0.15, -0.1) is 0 Å². The van der Waals surface area contributed by atoms with Gasteiger partial charge in [0, 0.05) is 0 Å². The third-order valence-electron chi connectivity index (χ3n) is 4.37. The molecule has 0 radical (unpaired) electrons. The van der Waals surface area contributed by atoms with Crippen molar-refractivity contribution < 1.29 is 9.47 Å². The molecule has 0 aliphatic carbocycles. The summed E-state index contributed by atoms with van der Waals surface area (Å²) in [5.74, 6) is 0. The van der Waals surface area contributed by atoms with Gasteiger partial charge in [0.05, 0.1) is 0 Å². The number of rotatable bonds is 19. The molecule has 0 aliphatic rings. The van der Waals surface area contributed by atoms with Crippen LogP contribution in [0.4, 0.5) is 0 Å². The summed E-state index contributed by atoms with van der Waals surface area (Å²) in [5, 5.41) is 16.5. The van der Waals surface area contributed by atoms with Crippen LogP contribution >= 0.6 is 0 Å². The predicted octanol–water partition coefficient (Wildman–Crippen LogP) is 6.22. The first-order valence-electron chi connectivity index (χ1n) is 9.93. The molecule has 24 heavy (non-hydrogen) atoms. The van der Waals surface area contributed by atoms with E-state index in [9.17, 15) is 0 Å². The zero-order valence-corrected chi connectivity index (χ0v) is 15.4. The molecule has 0 spiro atoms. The summed E-state index contributed by atoms with van der Waals surface area (Å²) in [6.45, 7) is 1.18. The highest BCUT2D eigenvalue weighted by Crippen LogP contribution is 2.13. The van der Waals surface area contributed by atoms with Crippen molar-refractivity contribution in [1.29, 1.82) is 10.5 Å². The fourth-order valence-electron chi connectivity index (χ4n) is 2.91. The molecule has 4 nitrogen and oxygen atoms in total. The molecule has 0 aliphatic heterocycles. The highest BCUT2D eigenvalue weighted by atomic mass is 16.5. The van der Waals surface area contributed by atoms with Crippen molar-refractivity contribution in [2.45, 2.75) is 103 Å². The number of nitrogens with zero attached hydrogens (tertiary/aromatic N) is 2. The van der Waals surface area contributed by atoms with Gasteiger partial charge >= 0.3 is 0 Å². The Kier molecular flexibility index (Phi) is 20.3. The quantitative estimate of drug-likeness (QED) is 0.207. The third kappa shape index (κ3) is 20.6. The average Bonchev–Trinajstić information content (AvgIpc) is 2.60. The largest absolute Gasteiger partial charge is 0.428 e. The van der Waals surface area contributed by atoms with Gasteiger partial charge in [0.15, 0.2) is 0 Å². The van der Waals surface area contributed by atoms with Crippen molar-refractivity contribution in [3.05, 3.63) is 0 Å². The van der Waals surface area contributed by atoms with Crippen molar-refractivity contribution in [1.82, 2.24) is 0 Å². The van der Waals surface area contributed by atoms with Crippen LogP contribution in [0.15, 0.2) is 0 Å². The van der Waals surface area contributed by atoms with Gasteiger partial charge in [0.25, 0.3) is 12.5 Å². The standard InChI is InChI=1S/C20H36N2O2/c21-19-23-17-15-13-11-9-7-5-3-1-2-4-6-8-10-12-14-16-18-24-20-22/h1-18H2. The van der Waals surface area contributed by atoms with E-state index in [2.05, 4.69) is 9.47 Å². The van der Waals surface area contributed by atoms with Gasteiger partial charge in [0.1, 0.15) is 13.2 Å². The van der Waals surface area contributed by atoms with Crippen molar-refractivity contribution in [3.8, 4) is 12.5 Å². The van der Waals surface area contributed by atoms with Crippen LogP contribution in [-0.2, 0) is 9.47 Å². The van der Waals surface area contributed by atoms with Crippen LogP contribution in [0.1, 0.15) is 103 Å². The van der Waals surface area contributed by atoms with Crippen molar-refractivity contribution in [2.75, 3.05) is 13.2 Å². The van der Waals surface area contributed by atoms with Crippen LogP contribution in [0, 0.1) is 23.0 Å². The van der Waals surface area contributed by atoms with Gasteiger partial charge in [-0.05, 0) is 12.8 Å². The van der Waals surface area contributed by atoms with E-state index in [0.29, 0.717) is 13.2 Å². The molecule has 0 aromatic carbocycles. The Morgan fingerprint density at radius 2 is 0.583 bits per heavy atom. The molecule has 0 saturated heterocycles. The van der Waals surface area contributed by atoms with Crippen LogP contribution in [0.5, 0.6) is 0 Å². The van der Waals surface area contributed by atoms with Crippen molar-refractivity contribution in [2.24, 2.45) is 0 Å². The molecule has 0 heterocycles. The molecule has 0 fully saturated rings. The Morgan fingerprint density at radius 3 is 0.792 bits per heavy atom. The number of unbranched alkanes of at least 4 members (excludes halogenated alkanes) is 15. The highest BCUT2D eigenvalue weighted by Gasteiger charge is 1.95. The van der Waals surface area contributed by atoms with E-state index in [-0.39, 0.29) is 0 Å². The van der Waals surface area contributed by atoms with Gasteiger partial charge < -0.3 is 9.47 Å². The smallest absolute Gasteiger partial charge is 0.286 e. The highest BCUT2D eigenvalue weighted by molar-refractivity contribution is 4.52. The summed E-state index contributed by atoms with van der Waals surface area (Å²) in [5.41, 5.74) is 0. The second kappa shape index (κ2) is 21.6. The van der Waals surface area contributed by atoms with E-state index in [4.69, 9.17) is 10.5 Å². The molecule has 0 aromatic heterocycles. The van der Waals surface area contributed by atoms with Crippen molar-refractivity contribution in [3.63, 3.8) is 0 Å². The first-order valence-corrected chi connectivity index (χ1v) is 9.93. The zero-order valence-electron chi connectivity index (χ0n) is 15.4. The van der Waals surface area contributed by atoms with E-state index < -0.39 is 0 Å².